The second-order valence-corrected chi connectivity index (χ2v) is 3.87. The van der Waals surface area contributed by atoms with Crippen molar-refractivity contribution in [3.05, 3.63) is 0 Å². The van der Waals surface area contributed by atoms with Crippen LogP contribution in [0, 0.1) is 0 Å². The molecule has 0 radical (unpaired) electrons. The maximum atomic E-state index is 11.9. The topological polar surface area (TPSA) is 92.9 Å². The minimum atomic E-state index is -0.903. The highest BCUT2D eigenvalue weighted by atomic mass is 16.5. The zero-order valence-electron chi connectivity index (χ0n) is 9.39. The summed E-state index contributed by atoms with van der Waals surface area (Å²) in [6.07, 6.45) is 1.18. The molecular formula is C10H18N2O4. The maximum Gasteiger partial charge on any atom is 0.305 e. The Morgan fingerprint density at radius 1 is 1.56 bits per heavy atom. The number of nitrogens with zero attached hydrogens (tertiary/aromatic N) is 1. The second-order valence-electron chi connectivity index (χ2n) is 3.87. The number of amides is 1. The van der Waals surface area contributed by atoms with Crippen molar-refractivity contribution >= 4 is 11.9 Å². The largest absolute Gasteiger partial charge is 0.481 e. The predicted octanol–water partition coefficient (Wildman–Crippen LogP) is -0.574. The molecule has 1 fully saturated rings. The van der Waals surface area contributed by atoms with E-state index >= 15 is 0 Å². The summed E-state index contributed by atoms with van der Waals surface area (Å²) in [6, 6.07) is 0.177. The number of carbonyl (C=O) groups is 2. The van der Waals surface area contributed by atoms with E-state index < -0.39 is 12.1 Å². The molecule has 0 saturated heterocycles. The van der Waals surface area contributed by atoms with Crippen LogP contribution in [0.4, 0.5) is 0 Å². The van der Waals surface area contributed by atoms with Crippen molar-refractivity contribution in [3.63, 3.8) is 0 Å². The third-order valence-corrected chi connectivity index (χ3v) is 2.61. The zero-order chi connectivity index (χ0) is 12.1. The van der Waals surface area contributed by atoms with Crippen LogP contribution in [-0.4, -0.2) is 54.2 Å². The van der Waals surface area contributed by atoms with E-state index in [0.29, 0.717) is 0 Å². The lowest BCUT2D eigenvalue weighted by molar-refractivity contribution is -0.143. The van der Waals surface area contributed by atoms with E-state index in [4.69, 9.17) is 15.6 Å². The van der Waals surface area contributed by atoms with Crippen LogP contribution >= 0.6 is 0 Å². The average Bonchev–Trinajstić information content (AvgIpc) is 3.03. The normalized spacial score (nSPS) is 16.9. The zero-order valence-corrected chi connectivity index (χ0v) is 9.39. The van der Waals surface area contributed by atoms with Crippen LogP contribution in [0.25, 0.3) is 0 Å². The van der Waals surface area contributed by atoms with Gasteiger partial charge in [0, 0.05) is 26.2 Å². The van der Waals surface area contributed by atoms with Gasteiger partial charge < -0.3 is 20.5 Å². The van der Waals surface area contributed by atoms with Crippen molar-refractivity contribution < 1.29 is 19.4 Å². The number of aliphatic carboxylic acids is 1. The Morgan fingerprint density at radius 3 is 2.56 bits per heavy atom. The first-order valence-electron chi connectivity index (χ1n) is 5.35. The van der Waals surface area contributed by atoms with Gasteiger partial charge in [0.2, 0.25) is 0 Å². The molecule has 1 rings (SSSR count). The van der Waals surface area contributed by atoms with Gasteiger partial charge >= 0.3 is 5.97 Å². The van der Waals surface area contributed by atoms with Crippen molar-refractivity contribution in [1.82, 2.24) is 4.90 Å². The third kappa shape index (κ3) is 3.46. The molecule has 1 aliphatic carbocycles. The summed E-state index contributed by atoms with van der Waals surface area (Å²) in [6.45, 7) is 0.352. The molecule has 0 aromatic heterocycles. The first kappa shape index (κ1) is 12.9. The fourth-order valence-corrected chi connectivity index (χ4v) is 1.56. The Balaban J connectivity index is 2.54. The number of carbonyl (C=O) groups excluding carboxylic acids is 1. The molecule has 0 heterocycles. The number of hydrogen-bond acceptors (Lipinski definition) is 4. The molecule has 0 spiro atoms. The number of hydrogen-bond donors (Lipinski definition) is 2. The molecule has 1 amide bonds. The van der Waals surface area contributed by atoms with Crippen molar-refractivity contribution in [3.8, 4) is 0 Å². The van der Waals surface area contributed by atoms with E-state index in [1.165, 1.54) is 7.11 Å². The quantitative estimate of drug-likeness (QED) is 0.610. The molecule has 6 heteroatoms. The van der Waals surface area contributed by atoms with Crippen LogP contribution in [0.2, 0.25) is 0 Å². The Bertz CT molecular complexity index is 262. The van der Waals surface area contributed by atoms with Crippen LogP contribution in [0.3, 0.4) is 0 Å². The smallest absolute Gasteiger partial charge is 0.305 e. The molecule has 0 aromatic carbocycles. The van der Waals surface area contributed by atoms with Gasteiger partial charge in [-0.1, -0.05) is 0 Å². The lowest BCUT2D eigenvalue weighted by atomic mass is 10.2. The summed E-state index contributed by atoms with van der Waals surface area (Å²) in [5.74, 6) is -1.10. The first-order valence-corrected chi connectivity index (χ1v) is 5.35. The van der Waals surface area contributed by atoms with E-state index in [1.54, 1.807) is 4.90 Å². The molecule has 1 atom stereocenters. The molecule has 1 unspecified atom stereocenters. The van der Waals surface area contributed by atoms with Crippen molar-refractivity contribution in [2.24, 2.45) is 5.73 Å². The summed E-state index contributed by atoms with van der Waals surface area (Å²) >= 11 is 0. The average molecular weight is 230 g/mol. The molecule has 0 bridgehead atoms. The predicted molar refractivity (Wildman–Crippen MR) is 56.8 cm³/mol. The molecule has 0 aromatic rings. The van der Waals surface area contributed by atoms with E-state index in [1.807, 2.05) is 0 Å². The minimum absolute atomic E-state index is 0.0384. The van der Waals surface area contributed by atoms with Crippen LogP contribution in [0.5, 0.6) is 0 Å². The summed E-state index contributed by atoms with van der Waals surface area (Å²) in [5.41, 5.74) is 5.41. The highest BCUT2D eigenvalue weighted by molar-refractivity contribution is 5.82. The van der Waals surface area contributed by atoms with E-state index in [0.717, 1.165) is 12.8 Å². The maximum absolute atomic E-state index is 11.9. The van der Waals surface area contributed by atoms with Crippen LogP contribution in [-0.2, 0) is 14.3 Å². The lowest BCUT2D eigenvalue weighted by Crippen LogP contribution is -2.45. The fraction of sp³-hybridized carbons (Fsp3) is 0.800. The van der Waals surface area contributed by atoms with Crippen LogP contribution < -0.4 is 5.73 Å². The standard InChI is InChI=1S/C10H18N2O4/c1-16-8(6-11)10(15)12(7-2-3-7)5-4-9(13)14/h7-8H,2-6,11H2,1H3,(H,13,14). The third-order valence-electron chi connectivity index (χ3n) is 2.61. The summed E-state index contributed by atoms with van der Waals surface area (Å²) in [5, 5.41) is 8.61. The highest BCUT2D eigenvalue weighted by Crippen LogP contribution is 2.27. The van der Waals surface area contributed by atoms with Crippen LogP contribution in [0.1, 0.15) is 19.3 Å². The van der Waals surface area contributed by atoms with Crippen molar-refractivity contribution in [2.75, 3.05) is 20.2 Å². The number of methoxy groups -OCH3 is 1. The van der Waals surface area contributed by atoms with Gasteiger partial charge in [0.15, 0.2) is 0 Å². The van der Waals surface area contributed by atoms with Crippen molar-refractivity contribution in [1.29, 1.82) is 0 Å². The molecule has 3 N–H and O–H groups in total. The van der Waals surface area contributed by atoms with E-state index in [-0.39, 0.29) is 31.5 Å². The van der Waals surface area contributed by atoms with Gasteiger partial charge in [-0.05, 0) is 12.8 Å². The van der Waals surface area contributed by atoms with Crippen molar-refractivity contribution in [2.45, 2.75) is 31.4 Å². The highest BCUT2D eigenvalue weighted by Gasteiger charge is 2.35. The van der Waals surface area contributed by atoms with Gasteiger partial charge in [-0.2, -0.15) is 0 Å². The van der Waals surface area contributed by atoms with Gasteiger partial charge in [-0.25, -0.2) is 0 Å². The molecule has 16 heavy (non-hydrogen) atoms. The number of ether oxygens (including phenoxy) is 1. The second kappa shape index (κ2) is 5.81. The Kier molecular flexibility index (Phi) is 4.70. The van der Waals surface area contributed by atoms with Gasteiger partial charge in [0.25, 0.3) is 5.91 Å². The molecule has 6 nitrogen and oxygen atoms in total. The Hall–Kier alpha value is -1.14. The SMILES string of the molecule is COC(CN)C(=O)N(CCC(=O)O)C1CC1. The van der Waals surface area contributed by atoms with Crippen LogP contribution in [0.15, 0.2) is 0 Å². The fourth-order valence-electron chi connectivity index (χ4n) is 1.56. The molecule has 0 aliphatic heterocycles. The van der Waals surface area contributed by atoms with Gasteiger partial charge in [-0.15, -0.1) is 0 Å². The number of carboxylic acids is 1. The van der Waals surface area contributed by atoms with Gasteiger partial charge in [0.05, 0.1) is 6.42 Å². The number of rotatable bonds is 7. The molecule has 92 valence electrons. The van der Waals surface area contributed by atoms with E-state index in [2.05, 4.69) is 0 Å². The lowest BCUT2D eigenvalue weighted by Gasteiger charge is -2.25. The summed E-state index contributed by atoms with van der Waals surface area (Å²) in [7, 11) is 1.43. The number of carboxylic acid groups (broad SMARTS) is 1. The monoisotopic (exact) mass is 230 g/mol. The Morgan fingerprint density at radius 2 is 2.19 bits per heavy atom. The molecular weight excluding hydrogens is 212 g/mol. The Labute approximate surface area is 94.3 Å². The van der Waals surface area contributed by atoms with Gasteiger partial charge in [0.1, 0.15) is 6.10 Å². The van der Waals surface area contributed by atoms with Gasteiger partial charge in [-0.3, -0.25) is 9.59 Å². The minimum Gasteiger partial charge on any atom is -0.481 e. The summed E-state index contributed by atoms with van der Waals surface area (Å²) < 4.78 is 4.96. The first-order chi connectivity index (χ1) is 7.60. The summed E-state index contributed by atoms with van der Waals surface area (Å²) in [4.78, 5) is 24.0. The number of nitrogens with two attached hydrogens (primary N) is 1. The molecule has 1 saturated carbocycles. The molecule has 1 aliphatic rings. The van der Waals surface area contributed by atoms with E-state index in [9.17, 15) is 9.59 Å².